The molecule has 1 aromatic rings. The molecule has 0 bridgehead atoms. The van der Waals surface area contributed by atoms with E-state index in [9.17, 15) is 4.79 Å². The van der Waals surface area contributed by atoms with E-state index in [1.807, 2.05) is 18.2 Å². The highest BCUT2D eigenvalue weighted by molar-refractivity contribution is 5.95. The Labute approximate surface area is 168 Å². The summed E-state index contributed by atoms with van der Waals surface area (Å²) >= 11 is 0. The predicted octanol–water partition coefficient (Wildman–Crippen LogP) is 2.98. The number of hydrogen-bond acceptors (Lipinski definition) is 4. The van der Waals surface area contributed by atoms with Crippen molar-refractivity contribution in [3.8, 4) is 5.75 Å². The number of carbonyl (C=O) groups is 1. The number of piperidine rings is 1. The van der Waals surface area contributed by atoms with Crippen LogP contribution in [0.15, 0.2) is 18.2 Å². The zero-order valence-corrected chi connectivity index (χ0v) is 16.8. The second kappa shape index (κ2) is 7.68. The van der Waals surface area contributed by atoms with Crippen LogP contribution in [0.2, 0.25) is 0 Å². The summed E-state index contributed by atoms with van der Waals surface area (Å²) in [6.45, 7) is 8.08. The van der Waals surface area contributed by atoms with Crippen LogP contribution in [0.1, 0.15) is 48.0 Å². The van der Waals surface area contributed by atoms with Gasteiger partial charge in [0.15, 0.2) is 0 Å². The van der Waals surface area contributed by atoms with Crippen LogP contribution in [0.3, 0.4) is 0 Å². The molecule has 1 spiro atoms. The van der Waals surface area contributed by atoms with E-state index < -0.39 is 0 Å². The van der Waals surface area contributed by atoms with Crippen molar-refractivity contribution in [2.45, 2.75) is 38.5 Å². The Balaban J connectivity index is 1.14. The van der Waals surface area contributed by atoms with Gasteiger partial charge in [-0.3, -0.25) is 4.79 Å². The van der Waals surface area contributed by atoms with Gasteiger partial charge in [-0.05, 0) is 86.8 Å². The molecule has 1 aromatic carbocycles. The summed E-state index contributed by atoms with van der Waals surface area (Å²) in [5.74, 6) is 1.93. The van der Waals surface area contributed by atoms with E-state index in [0.29, 0.717) is 5.41 Å². The fourth-order valence-electron chi connectivity index (χ4n) is 5.45. The Kier molecular flexibility index (Phi) is 5.06. The molecule has 0 N–H and O–H groups in total. The van der Waals surface area contributed by atoms with Gasteiger partial charge >= 0.3 is 0 Å². The molecule has 0 aliphatic carbocycles. The third kappa shape index (κ3) is 3.67. The highest BCUT2D eigenvalue weighted by Gasteiger charge is 2.42. The average Bonchev–Trinajstić information content (AvgIpc) is 3.48. The zero-order valence-electron chi connectivity index (χ0n) is 16.8. The molecule has 5 rings (SSSR count). The summed E-state index contributed by atoms with van der Waals surface area (Å²) in [5.41, 5.74) is 2.36. The topological polar surface area (TPSA) is 42.0 Å². The summed E-state index contributed by atoms with van der Waals surface area (Å²) in [5, 5.41) is 0. The first-order valence-electron chi connectivity index (χ1n) is 11.1. The minimum Gasteiger partial charge on any atom is -0.493 e. The van der Waals surface area contributed by atoms with E-state index in [1.165, 1.54) is 50.9 Å². The highest BCUT2D eigenvalue weighted by atomic mass is 16.5. The standard InChI is InChI=1S/C23H32N2O3/c26-22(20-1-2-21-19(15-20)5-14-28-21)25-12-8-23(17-25)6-10-24(11-7-23)9-3-18-4-13-27-16-18/h1-2,15,18H,3-14,16-17H2. The molecule has 0 saturated carbocycles. The smallest absolute Gasteiger partial charge is 0.253 e. The van der Waals surface area contributed by atoms with Crippen LogP contribution in [0.5, 0.6) is 5.75 Å². The molecule has 0 radical (unpaired) electrons. The number of nitrogens with zero attached hydrogens (tertiary/aromatic N) is 2. The lowest BCUT2D eigenvalue weighted by atomic mass is 9.77. The third-order valence-electron chi connectivity index (χ3n) is 7.46. The third-order valence-corrected chi connectivity index (χ3v) is 7.46. The maximum Gasteiger partial charge on any atom is 0.253 e. The number of amides is 1. The first kappa shape index (κ1) is 18.4. The molecule has 4 aliphatic rings. The van der Waals surface area contributed by atoms with Crippen LogP contribution >= 0.6 is 0 Å². The van der Waals surface area contributed by atoms with Crippen LogP contribution in [-0.4, -0.2) is 68.3 Å². The van der Waals surface area contributed by atoms with Crippen LogP contribution in [0.25, 0.3) is 0 Å². The van der Waals surface area contributed by atoms with Crippen LogP contribution in [0.4, 0.5) is 0 Å². The normalized spacial score (nSPS) is 26.6. The summed E-state index contributed by atoms with van der Waals surface area (Å²) in [6.07, 6.45) is 7.07. The number of rotatable bonds is 4. The number of likely N-dealkylation sites (tertiary alicyclic amines) is 2. The van der Waals surface area contributed by atoms with Gasteiger partial charge in [0.25, 0.3) is 5.91 Å². The summed E-state index contributed by atoms with van der Waals surface area (Å²) in [7, 11) is 0. The van der Waals surface area contributed by atoms with Crippen molar-refractivity contribution in [3.63, 3.8) is 0 Å². The lowest BCUT2D eigenvalue weighted by Crippen LogP contribution is -2.42. The first-order chi connectivity index (χ1) is 13.7. The number of benzene rings is 1. The Hall–Kier alpha value is -1.59. The Bertz CT molecular complexity index is 721. The summed E-state index contributed by atoms with van der Waals surface area (Å²) in [4.78, 5) is 17.8. The van der Waals surface area contributed by atoms with E-state index in [0.717, 1.165) is 63.0 Å². The molecule has 4 heterocycles. The van der Waals surface area contributed by atoms with Crippen molar-refractivity contribution < 1.29 is 14.3 Å². The number of carbonyl (C=O) groups excluding carboxylic acids is 1. The van der Waals surface area contributed by atoms with Crippen molar-refractivity contribution in [3.05, 3.63) is 29.3 Å². The molecular weight excluding hydrogens is 352 g/mol. The van der Waals surface area contributed by atoms with Crippen LogP contribution in [-0.2, 0) is 11.2 Å². The molecule has 5 heteroatoms. The molecule has 152 valence electrons. The van der Waals surface area contributed by atoms with E-state index in [1.54, 1.807) is 0 Å². The SMILES string of the molecule is O=C(c1ccc2c(c1)CCO2)N1CCC2(CCN(CCC3CCOC3)CC2)C1. The fourth-order valence-corrected chi connectivity index (χ4v) is 5.45. The second-order valence-corrected chi connectivity index (χ2v) is 9.26. The summed E-state index contributed by atoms with van der Waals surface area (Å²) in [6, 6.07) is 5.95. The van der Waals surface area contributed by atoms with Crippen molar-refractivity contribution >= 4 is 5.91 Å². The molecule has 5 nitrogen and oxygen atoms in total. The van der Waals surface area contributed by atoms with Crippen molar-refractivity contribution in [1.29, 1.82) is 0 Å². The van der Waals surface area contributed by atoms with Gasteiger partial charge < -0.3 is 19.3 Å². The van der Waals surface area contributed by atoms with E-state index in [4.69, 9.17) is 9.47 Å². The molecule has 1 atom stereocenters. The lowest BCUT2D eigenvalue weighted by Gasteiger charge is -2.39. The molecule has 28 heavy (non-hydrogen) atoms. The minimum absolute atomic E-state index is 0.204. The van der Waals surface area contributed by atoms with Crippen molar-refractivity contribution in [2.24, 2.45) is 11.3 Å². The van der Waals surface area contributed by atoms with Gasteiger partial charge in [0.1, 0.15) is 5.75 Å². The largest absolute Gasteiger partial charge is 0.493 e. The molecule has 0 aromatic heterocycles. The van der Waals surface area contributed by atoms with Gasteiger partial charge in [0, 0.05) is 38.3 Å². The second-order valence-electron chi connectivity index (χ2n) is 9.26. The van der Waals surface area contributed by atoms with Crippen molar-refractivity contribution in [1.82, 2.24) is 9.80 Å². The number of ether oxygens (including phenoxy) is 2. The zero-order chi connectivity index (χ0) is 19.0. The number of fused-ring (bicyclic) bond motifs is 1. The van der Waals surface area contributed by atoms with Gasteiger partial charge in [-0.25, -0.2) is 0 Å². The average molecular weight is 385 g/mol. The highest BCUT2D eigenvalue weighted by Crippen LogP contribution is 2.41. The van der Waals surface area contributed by atoms with Crippen LogP contribution in [0, 0.1) is 11.3 Å². The van der Waals surface area contributed by atoms with Gasteiger partial charge in [0.2, 0.25) is 0 Å². The summed E-state index contributed by atoms with van der Waals surface area (Å²) < 4.78 is 11.1. The molecule has 4 aliphatic heterocycles. The van der Waals surface area contributed by atoms with Crippen LogP contribution < -0.4 is 4.74 Å². The lowest BCUT2D eigenvalue weighted by molar-refractivity contribution is 0.0714. The van der Waals surface area contributed by atoms with Gasteiger partial charge in [-0.1, -0.05) is 0 Å². The minimum atomic E-state index is 0.204. The van der Waals surface area contributed by atoms with Gasteiger partial charge in [-0.15, -0.1) is 0 Å². The van der Waals surface area contributed by atoms with E-state index >= 15 is 0 Å². The Morgan fingerprint density at radius 2 is 2.00 bits per heavy atom. The monoisotopic (exact) mass is 384 g/mol. The molecule has 1 amide bonds. The van der Waals surface area contributed by atoms with Gasteiger partial charge in [0.05, 0.1) is 6.61 Å². The number of hydrogen-bond donors (Lipinski definition) is 0. The molecule has 3 fully saturated rings. The van der Waals surface area contributed by atoms with Crippen molar-refractivity contribution in [2.75, 3.05) is 52.5 Å². The molecule has 1 unspecified atom stereocenters. The maximum absolute atomic E-state index is 13.0. The quantitative estimate of drug-likeness (QED) is 0.800. The van der Waals surface area contributed by atoms with Gasteiger partial charge in [-0.2, -0.15) is 0 Å². The Morgan fingerprint density at radius 1 is 1.14 bits per heavy atom. The van der Waals surface area contributed by atoms with E-state index in [2.05, 4.69) is 9.80 Å². The Morgan fingerprint density at radius 3 is 2.82 bits per heavy atom. The maximum atomic E-state index is 13.0. The first-order valence-corrected chi connectivity index (χ1v) is 11.1. The predicted molar refractivity (Wildman–Crippen MR) is 108 cm³/mol. The van der Waals surface area contributed by atoms with E-state index in [-0.39, 0.29) is 5.91 Å². The fraction of sp³-hybridized carbons (Fsp3) is 0.696. The molecule has 3 saturated heterocycles. The molecular formula is C23H32N2O3.